The van der Waals surface area contributed by atoms with Crippen molar-refractivity contribution in [3.63, 3.8) is 0 Å². The van der Waals surface area contributed by atoms with Gasteiger partial charge in [0.1, 0.15) is 22.3 Å². The summed E-state index contributed by atoms with van der Waals surface area (Å²) in [5, 5.41) is 19.9. The van der Waals surface area contributed by atoms with Crippen LogP contribution >= 0.6 is 11.3 Å². The van der Waals surface area contributed by atoms with E-state index in [0.717, 1.165) is 11.3 Å². The molecule has 13 heteroatoms. The summed E-state index contributed by atoms with van der Waals surface area (Å²) in [4.78, 5) is 40.1. The van der Waals surface area contributed by atoms with Crippen molar-refractivity contribution in [2.45, 2.75) is 25.2 Å². The van der Waals surface area contributed by atoms with E-state index in [1.807, 2.05) is 6.92 Å². The highest BCUT2D eigenvalue weighted by atomic mass is 32.2. The number of nitro benzene ring substituents is 1. The summed E-state index contributed by atoms with van der Waals surface area (Å²) in [7, 11) is -3.92. The zero-order valence-electron chi connectivity index (χ0n) is 17.9. The van der Waals surface area contributed by atoms with E-state index in [2.05, 4.69) is 19.9 Å². The Hall–Kier alpha value is -3.84. The fraction of sp³-hybridized carbons (Fsp3) is 0.190. The summed E-state index contributed by atoms with van der Waals surface area (Å²) in [5.41, 5.74) is 0.0240. The molecular formula is C21H17N5O6S2. The third kappa shape index (κ3) is 4.22. The van der Waals surface area contributed by atoms with Crippen molar-refractivity contribution in [1.82, 2.24) is 10.2 Å². The number of carbonyl (C=O) groups excluding carboxylic acids is 2. The molecule has 2 aromatic carbocycles. The van der Waals surface area contributed by atoms with Gasteiger partial charge in [0.25, 0.3) is 15.7 Å². The molecule has 0 amide bonds. The topological polar surface area (TPSA) is 162 Å². The molecule has 1 aliphatic rings. The summed E-state index contributed by atoms with van der Waals surface area (Å²) in [6, 6.07) is 9.57. The van der Waals surface area contributed by atoms with Crippen molar-refractivity contribution in [2.75, 3.05) is 4.72 Å². The Morgan fingerprint density at radius 3 is 2.50 bits per heavy atom. The average molecular weight is 500 g/mol. The Kier molecular flexibility index (Phi) is 6.06. The Morgan fingerprint density at radius 2 is 1.91 bits per heavy atom. The number of hydrogen-bond acceptors (Lipinski definition) is 10. The van der Waals surface area contributed by atoms with E-state index < -0.39 is 38.1 Å². The molecule has 0 bridgehead atoms. The number of hydrogen-bond donors (Lipinski definition) is 1. The molecule has 0 saturated heterocycles. The lowest BCUT2D eigenvalue weighted by atomic mass is 9.99. The van der Waals surface area contributed by atoms with E-state index in [1.54, 1.807) is 0 Å². The van der Waals surface area contributed by atoms with E-state index in [9.17, 15) is 28.1 Å². The predicted molar refractivity (Wildman–Crippen MR) is 124 cm³/mol. The van der Waals surface area contributed by atoms with Gasteiger partial charge in [-0.15, -0.1) is 10.2 Å². The molecule has 0 radical (unpaired) electrons. The van der Waals surface area contributed by atoms with Gasteiger partial charge in [-0.05, 0) is 37.6 Å². The maximum absolute atomic E-state index is 12.8. The van der Waals surface area contributed by atoms with Crippen LogP contribution in [0.4, 0.5) is 16.5 Å². The minimum absolute atomic E-state index is 0.0497. The Balaban J connectivity index is 1.69. The number of Topliss-reactive ketones (excluding diaryl/α,β-unsaturated/α-hetero) is 2. The molecule has 0 spiro atoms. The highest BCUT2D eigenvalue weighted by molar-refractivity contribution is 7.93. The van der Waals surface area contributed by atoms with Crippen LogP contribution in [0.1, 0.15) is 34.8 Å². The number of ketones is 2. The molecule has 3 aromatic rings. The van der Waals surface area contributed by atoms with E-state index in [0.29, 0.717) is 11.4 Å². The highest BCUT2D eigenvalue weighted by Gasteiger charge is 2.43. The first-order chi connectivity index (χ1) is 16.1. The normalized spacial score (nSPS) is 16.5. The number of benzene rings is 2. The third-order valence-electron chi connectivity index (χ3n) is 5.09. The van der Waals surface area contributed by atoms with Crippen molar-refractivity contribution >= 4 is 55.1 Å². The number of rotatable bonds is 7. The van der Waals surface area contributed by atoms with E-state index in [1.165, 1.54) is 49.4 Å². The molecule has 1 N–H and O–H groups in total. The van der Waals surface area contributed by atoms with Crippen molar-refractivity contribution < 1.29 is 22.9 Å². The minimum atomic E-state index is -3.92. The van der Waals surface area contributed by atoms with Crippen LogP contribution in [0.2, 0.25) is 0 Å². The van der Waals surface area contributed by atoms with Gasteiger partial charge in [-0.25, -0.2) is 8.42 Å². The molecule has 1 heterocycles. The summed E-state index contributed by atoms with van der Waals surface area (Å²) in [5.74, 6) is -2.45. The maximum Gasteiger partial charge on any atom is 0.280 e. The van der Waals surface area contributed by atoms with Crippen LogP contribution in [0.5, 0.6) is 0 Å². The molecule has 1 aromatic heterocycles. The standard InChI is InChI=1S/C21H17N5O6S2/c1-3-16-23-24-21(33-16)25-34(31,32)13-9-7-12(8-10-13)22-19-14-5-4-6-15(26(29)30)18(14)20(28)17(19)11(2)27/h4-10,17H,3H2,1-2H3,(H,24,25). The van der Waals surface area contributed by atoms with Gasteiger partial charge < -0.3 is 0 Å². The molecule has 34 heavy (non-hydrogen) atoms. The van der Waals surface area contributed by atoms with E-state index in [-0.39, 0.29) is 32.6 Å². The second-order valence-corrected chi connectivity index (χ2v) is 10.1. The summed E-state index contributed by atoms with van der Waals surface area (Å²) >= 11 is 1.13. The first-order valence-corrected chi connectivity index (χ1v) is 12.3. The van der Waals surface area contributed by atoms with Gasteiger partial charge in [0.05, 0.1) is 21.2 Å². The van der Waals surface area contributed by atoms with Crippen LogP contribution < -0.4 is 4.72 Å². The second kappa shape index (κ2) is 8.83. The smallest absolute Gasteiger partial charge is 0.280 e. The number of aryl methyl sites for hydroxylation is 1. The number of nitrogens with zero attached hydrogens (tertiary/aromatic N) is 4. The lowest BCUT2D eigenvalue weighted by molar-refractivity contribution is -0.385. The quantitative estimate of drug-likeness (QED) is 0.294. The van der Waals surface area contributed by atoms with Crippen LogP contribution in [-0.4, -0.2) is 40.8 Å². The second-order valence-electron chi connectivity index (χ2n) is 7.32. The third-order valence-corrected chi connectivity index (χ3v) is 7.56. The fourth-order valence-corrected chi connectivity index (χ4v) is 5.45. The highest BCUT2D eigenvalue weighted by Crippen LogP contribution is 2.36. The molecule has 0 fully saturated rings. The predicted octanol–water partition coefficient (Wildman–Crippen LogP) is 3.33. The number of aliphatic imine (C=N–C) groups is 1. The van der Waals surface area contributed by atoms with Crippen LogP contribution in [0, 0.1) is 16.0 Å². The molecule has 4 rings (SSSR count). The first kappa shape index (κ1) is 23.3. The van der Waals surface area contributed by atoms with Crippen LogP contribution in [0.3, 0.4) is 0 Å². The number of sulfonamides is 1. The van der Waals surface area contributed by atoms with E-state index >= 15 is 0 Å². The number of carbonyl (C=O) groups is 2. The van der Waals surface area contributed by atoms with E-state index in [4.69, 9.17) is 0 Å². The van der Waals surface area contributed by atoms with Gasteiger partial charge in [0.2, 0.25) is 5.13 Å². The van der Waals surface area contributed by atoms with Crippen LogP contribution in [-0.2, 0) is 21.2 Å². The van der Waals surface area contributed by atoms with Gasteiger partial charge in [0.15, 0.2) is 5.78 Å². The molecule has 174 valence electrons. The van der Waals surface area contributed by atoms with Crippen molar-refractivity contribution in [1.29, 1.82) is 0 Å². The van der Waals surface area contributed by atoms with Gasteiger partial charge in [-0.3, -0.25) is 29.4 Å². The number of nitro groups is 1. The molecule has 0 aliphatic heterocycles. The number of aromatic nitrogens is 2. The monoisotopic (exact) mass is 499 g/mol. The van der Waals surface area contributed by atoms with Gasteiger partial charge in [-0.1, -0.05) is 30.4 Å². The first-order valence-electron chi connectivity index (χ1n) is 9.98. The maximum atomic E-state index is 12.8. The summed E-state index contributed by atoms with van der Waals surface area (Å²) in [6.45, 7) is 3.10. The number of nitrogens with one attached hydrogen (secondary N) is 1. The van der Waals surface area contributed by atoms with Crippen molar-refractivity contribution in [3.05, 3.63) is 68.7 Å². The molecule has 0 saturated carbocycles. The fourth-order valence-electron chi connectivity index (χ4n) is 3.54. The molecule has 1 unspecified atom stereocenters. The Bertz CT molecular complexity index is 1460. The zero-order valence-corrected chi connectivity index (χ0v) is 19.5. The Morgan fingerprint density at radius 1 is 1.21 bits per heavy atom. The molecule has 11 nitrogen and oxygen atoms in total. The Labute approximate surface area is 197 Å². The number of fused-ring (bicyclic) bond motifs is 1. The minimum Gasteiger partial charge on any atom is -0.299 e. The molecule has 1 aliphatic carbocycles. The van der Waals surface area contributed by atoms with Crippen molar-refractivity contribution in [3.8, 4) is 0 Å². The summed E-state index contributed by atoms with van der Waals surface area (Å²) < 4.78 is 27.7. The van der Waals surface area contributed by atoms with Gasteiger partial charge >= 0.3 is 0 Å². The molecule has 1 atom stereocenters. The summed E-state index contributed by atoms with van der Waals surface area (Å²) in [6.07, 6.45) is 0.629. The van der Waals surface area contributed by atoms with Crippen LogP contribution in [0.15, 0.2) is 52.4 Å². The lowest BCUT2D eigenvalue weighted by Gasteiger charge is -2.08. The largest absolute Gasteiger partial charge is 0.299 e. The van der Waals surface area contributed by atoms with Gasteiger partial charge in [0, 0.05) is 11.6 Å². The molecular weight excluding hydrogens is 482 g/mol. The SMILES string of the molecule is CCc1nnc(NS(=O)(=O)c2ccc(N=C3c4cccc([N+](=O)[O-])c4C(=O)C3C(C)=O)cc2)s1. The van der Waals surface area contributed by atoms with Crippen LogP contribution in [0.25, 0.3) is 0 Å². The average Bonchev–Trinajstić information content (AvgIpc) is 3.35. The van der Waals surface area contributed by atoms with Crippen molar-refractivity contribution in [2.24, 2.45) is 10.9 Å². The van der Waals surface area contributed by atoms with Gasteiger partial charge in [-0.2, -0.15) is 0 Å². The number of anilines is 1. The lowest BCUT2D eigenvalue weighted by Crippen LogP contribution is -2.23. The zero-order chi connectivity index (χ0) is 24.6.